The molecule has 130 valence electrons. The predicted octanol–water partition coefficient (Wildman–Crippen LogP) is 2.78. The lowest BCUT2D eigenvalue weighted by atomic mass is 10.1. The van der Waals surface area contributed by atoms with Crippen LogP contribution < -0.4 is 19.5 Å². The molecule has 0 spiro atoms. The zero-order valence-electron chi connectivity index (χ0n) is 14.9. The molecule has 6 heteroatoms. The minimum Gasteiger partial charge on any atom is -0.493 e. The van der Waals surface area contributed by atoms with Crippen LogP contribution in [0.3, 0.4) is 0 Å². The highest BCUT2D eigenvalue weighted by molar-refractivity contribution is 5.54. The Hall–Kier alpha value is -2.47. The molecule has 0 atom stereocenters. The zero-order valence-corrected chi connectivity index (χ0v) is 14.9. The monoisotopic (exact) mass is 331 g/mol. The molecule has 0 unspecified atom stereocenters. The molecule has 2 aromatic rings. The number of methoxy groups -OCH3 is 3. The summed E-state index contributed by atoms with van der Waals surface area (Å²) in [5, 5.41) is 3.33. The molecular formula is C18H25N3O3. The lowest BCUT2D eigenvalue weighted by Gasteiger charge is -2.15. The lowest BCUT2D eigenvalue weighted by Crippen LogP contribution is -2.11. The SMILES string of the molecule is COc1cc(CNc2cc(CN(C)C)ccn2)cc(OC)c1OC. The van der Waals surface area contributed by atoms with Crippen LogP contribution in [-0.2, 0) is 13.1 Å². The highest BCUT2D eigenvalue weighted by Crippen LogP contribution is 2.38. The van der Waals surface area contributed by atoms with Crippen molar-refractivity contribution in [2.75, 3.05) is 40.7 Å². The molecule has 1 aromatic heterocycles. The van der Waals surface area contributed by atoms with Crippen molar-refractivity contribution in [3.63, 3.8) is 0 Å². The highest BCUT2D eigenvalue weighted by atomic mass is 16.5. The van der Waals surface area contributed by atoms with Crippen molar-refractivity contribution in [2.45, 2.75) is 13.1 Å². The molecule has 6 nitrogen and oxygen atoms in total. The average Bonchev–Trinajstić information content (AvgIpc) is 2.58. The molecule has 0 aliphatic heterocycles. The Kier molecular flexibility index (Phi) is 6.26. The van der Waals surface area contributed by atoms with Gasteiger partial charge in [0.1, 0.15) is 5.82 Å². The van der Waals surface area contributed by atoms with Gasteiger partial charge in [0.15, 0.2) is 11.5 Å². The Morgan fingerprint density at radius 1 is 0.958 bits per heavy atom. The van der Waals surface area contributed by atoms with E-state index >= 15 is 0 Å². The van der Waals surface area contributed by atoms with Crippen molar-refractivity contribution in [3.8, 4) is 17.2 Å². The molecule has 0 amide bonds. The molecule has 0 aliphatic rings. The van der Waals surface area contributed by atoms with Crippen molar-refractivity contribution < 1.29 is 14.2 Å². The second-order valence-electron chi connectivity index (χ2n) is 5.67. The maximum absolute atomic E-state index is 5.38. The van der Waals surface area contributed by atoms with Gasteiger partial charge in [0.2, 0.25) is 5.75 Å². The van der Waals surface area contributed by atoms with Crippen LogP contribution in [0, 0.1) is 0 Å². The fourth-order valence-electron chi connectivity index (χ4n) is 2.46. The van der Waals surface area contributed by atoms with E-state index in [1.807, 2.05) is 38.5 Å². The summed E-state index contributed by atoms with van der Waals surface area (Å²) in [5.74, 6) is 2.71. The second-order valence-corrected chi connectivity index (χ2v) is 5.67. The van der Waals surface area contributed by atoms with Gasteiger partial charge in [0.25, 0.3) is 0 Å². The molecule has 24 heavy (non-hydrogen) atoms. The van der Waals surface area contributed by atoms with Gasteiger partial charge in [-0.1, -0.05) is 0 Å². The Balaban J connectivity index is 2.14. The lowest BCUT2D eigenvalue weighted by molar-refractivity contribution is 0.324. The fourth-order valence-corrected chi connectivity index (χ4v) is 2.46. The second kappa shape index (κ2) is 8.40. The van der Waals surface area contributed by atoms with Crippen molar-refractivity contribution >= 4 is 5.82 Å². The van der Waals surface area contributed by atoms with E-state index in [9.17, 15) is 0 Å². The van der Waals surface area contributed by atoms with Crippen molar-refractivity contribution in [1.82, 2.24) is 9.88 Å². The number of benzene rings is 1. The Bertz CT molecular complexity index is 649. The summed E-state index contributed by atoms with van der Waals surface area (Å²) in [4.78, 5) is 6.49. The largest absolute Gasteiger partial charge is 0.493 e. The van der Waals surface area contributed by atoms with E-state index in [2.05, 4.69) is 21.3 Å². The van der Waals surface area contributed by atoms with Gasteiger partial charge in [-0.3, -0.25) is 0 Å². The van der Waals surface area contributed by atoms with Crippen LogP contribution in [0.25, 0.3) is 0 Å². The third-order valence-electron chi connectivity index (χ3n) is 3.52. The molecule has 1 aromatic carbocycles. The summed E-state index contributed by atoms with van der Waals surface area (Å²) in [7, 11) is 8.91. The van der Waals surface area contributed by atoms with E-state index in [-0.39, 0.29) is 0 Å². The van der Waals surface area contributed by atoms with E-state index in [1.165, 1.54) is 5.56 Å². The van der Waals surface area contributed by atoms with Gasteiger partial charge in [0.05, 0.1) is 21.3 Å². The maximum atomic E-state index is 5.38. The first-order chi connectivity index (χ1) is 11.6. The summed E-state index contributed by atoms with van der Waals surface area (Å²) < 4.78 is 16.1. The number of hydrogen-bond donors (Lipinski definition) is 1. The molecule has 0 bridgehead atoms. The third-order valence-corrected chi connectivity index (χ3v) is 3.52. The first kappa shape index (κ1) is 17.9. The Morgan fingerprint density at radius 2 is 1.62 bits per heavy atom. The number of anilines is 1. The van der Waals surface area contributed by atoms with Crippen LogP contribution in [0.15, 0.2) is 30.5 Å². The maximum Gasteiger partial charge on any atom is 0.203 e. The van der Waals surface area contributed by atoms with Crippen LogP contribution in [0.4, 0.5) is 5.82 Å². The molecule has 0 aliphatic carbocycles. The van der Waals surface area contributed by atoms with Gasteiger partial charge in [-0.15, -0.1) is 0 Å². The number of hydrogen-bond acceptors (Lipinski definition) is 6. The van der Waals surface area contributed by atoms with Gasteiger partial charge in [-0.05, 0) is 49.5 Å². The molecule has 0 saturated carbocycles. The smallest absolute Gasteiger partial charge is 0.203 e. The van der Waals surface area contributed by atoms with Crippen LogP contribution in [0.5, 0.6) is 17.2 Å². The van der Waals surface area contributed by atoms with Crippen molar-refractivity contribution in [2.24, 2.45) is 0 Å². The molecule has 0 fully saturated rings. The van der Waals surface area contributed by atoms with E-state index in [1.54, 1.807) is 21.3 Å². The minimum absolute atomic E-state index is 0.592. The quantitative estimate of drug-likeness (QED) is 0.803. The van der Waals surface area contributed by atoms with Gasteiger partial charge in [-0.2, -0.15) is 0 Å². The molecular weight excluding hydrogens is 306 g/mol. The number of pyridine rings is 1. The number of ether oxygens (including phenoxy) is 3. The third kappa shape index (κ3) is 4.52. The van der Waals surface area contributed by atoms with Crippen LogP contribution >= 0.6 is 0 Å². The summed E-state index contributed by atoms with van der Waals surface area (Å²) in [6.07, 6.45) is 1.82. The minimum atomic E-state index is 0.592. The van der Waals surface area contributed by atoms with Gasteiger partial charge < -0.3 is 24.4 Å². The predicted molar refractivity (Wildman–Crippen MR) is 95.1 cm³/mol. The van der Waals surface area contributed by atoms with Gasteiger partial charge in [0, 0.05) is 19.3 Å². The highest BCUT2D eigenvalue weighted by Gasteiger charge is 2.13. The Morgan fingerprint density at radius 3 is 2.17 bits per heavy atom. The summed E-state index contributed by atoms with van der Waals surface area (Å²) in [6.45, 7) is 1.48. The molecule has 2 rings (SSSR count). The number of nitrogens with one attached hydrogen (secondary N) is 1. The summed E-state index contributed by atoms with van der Waals surface area (Å²) in [6, 6.07) is 7.93. The molecule has 1 N–H and O–H groups in total. The number of nitrogens with zero attached hydrogens (tertiary/aromatic N) is 2. The van der Waals surface area contributed by atoms with E-state index in [0.717, 1.165) is 17.9 Å². The molecule has 1 heterocycles. The summed E-state index contributed by atoms with van der Waals surface area (Å²) in [5.41, 5.74) is 2.23. The van der Waals surface area contributed by atoms with Gasteiger partial charge >= 0.3 is 0 Å². The van der Waals surface area contributed by atoms with Crippen LogP contribution in [0.1, 0.15) is 11.1 Å². The Labute approximate surface area is 143 Å². The van der Waals surface area contributed by atoms with Crippen LogP contribution in [-0.4, -0.2) is 45.3 Å². The topological polar surface area (TPSA) is 55.9 Å². The van der Waals surface area contributed by atoms with E-state index in [4.69, 9.17) is 14.2 Å². The molecule has 0 saturated heterocycles. The first-order valence-electron chi connectivity index (χ1n) is 7.69. The normalized spacial score (nSPS) is 10.6. The standard InChI is InChI=1S/C18H25N3O3/c1-21(2)12-13-6-7-19-17(10-13)20-11-14-8-15(22-3)18(24-5)16(9-14)23-4/h6-10H,11-12H2,1-5H3,(H,19,20). The van der Waals surface area contributed by atoms with Crippen molar-refractivity contribution in [1.29, 1.82) is 0 Å². The van der Waals surface area contributed by atoms with E-state index in [0.29, 0.717) is 23.8 Å². The number of rotatable bonds is 8. The van der Waals surface area contributed by atoms with Crippen LogP contribution in [0.2, 0.25) is 0 Å². The van der Waals surface area contributed by atoms with Gasteiger partial charge in [-0.25, -0.2) is 4.98 Å². The fraction of sp³-hybridized carbons (Fsp3) is 0.389. The number of aromatic nitrogens is 1. The van der Waals surface area contributed by atoms with Crippen molar-refractivity contribution in [3.05, 3.63) is 41.6 Å². The zero-order chi connectivity index (χ0) is 17.5. The average molecular weight is 331 g/mol. The first-order valence-corrected chi connectivity index (χ1v) is 7.69. The summed E-state index contributed by atoms with van der Waals surface area (Å²) >= 11 is 0. The van der Waals surface area contributed by atoms with E-state index < -0.39 is 0 Å². The molecule has 0 radical (unpaired) electrons.